The summed E-state index contributed by atoms with van der Waals surface area (Å²) in [6.07, 6.45) is 17.1. The van der Waals surface area contributed by atoms with Crippen molar-refractivity contribution < 1.29 is 14.2 Å². The molecule has 0 saturated heterocycles. The van der Waals surface area contributed by atoms with Gasteiger partial charge in [-0.25, -0.2) is 4.99 Å². The van der Waals surface area contributed by atoms with Gasteiger partial charge in [0.15, 0.2) is 0 Å². The molecule has 6 aromatic rings. The van der Waals surface area contributed by atoms with Crippen LogP contribution in [0.5, 0.6) is 17.2 Å². The van der Waals surface area contributed by atoms with E-state index in [2.05, 4.69) is 176 Å². The highest BCUT2D eigenvalue weighted by Gasteiger charge is 2.46. The van der Waals surface area contributed by atoms with Gasteiger partial charge < -0.3 is 24.2 Å². The van der Waals surface area contributed by atoms with E-state index in [4.69, 9.17) is 24.2 Å². The van der Waals surface area contributed by atoms with E-state index in [9.17, 15) is 0 Å². The number of ether oxygens (including phenoxy) is 3. The van der Waals surface area contributed by atoms with Crippen LogP contribution >= 0.6 is 11.3 Å². The molecule has 2 N–H and O–H groups in total. The number of thiophene rings is 1. The first-order valence-electron chi connectivity index (χ1n) is 22.2. The van der Waals surface area contributed by atoms with Crippen LogP contribution in [0.15, 0.2) is 155 Å². The highest BCUT2D eigenvalue weighted by Crippen LogP contribution is 2.47. The lowest BCUT2D eigenvalue weighted by Crippen LogP contribution is -2.40. The number of aromatic nitrogens is 2. The van der Waals surface area contributed by atoms with Gasteiger partial charge in [-0.3, -0.25) is 4.99 Å². The van der Waals surface area contributed by atoms with E-state index >= 15 is 0 Å². The van der Waals surface area contributed by atoms with E-state index in [1.165, 1.54) is 0 Å². The molecular weight excluding hydrogens is 785 g/mol. The average molecular weight is 839 g/mol. The standard InChI is InChI=1S/C54H54N4O3S/c1-4-7-32-59-42-20-12-37(13-21-42)52-45-26-18-40(55-45)36-41-19-27-47(56-41)53(49-11-10-35-62-49)48-29-31-51(58-48)54(50-30-28-46(52)57-50,38-14-22-43(23-15-38)60-33-8-5-2)39-16-24-44(25-17-39)61-34-9-6-3/h10-31,35-36,50,55,58H,4-9,32-34H2,1-3H3. The van der Waals surface area contributed by atoms with Crippen LogP contribution < -0.4 is 24.9 Å². The monoisotopic (exact) mass is 838 g/mol. The first-order chi connectivity index (χ1) is 30.6. The topological polar surface area (TPSA) is 84.0 Å². The molecule has 1 unspecified atom stereocenters. The van der Waals surface area contributed by atoms with Crippen LogP contribution in [-0.4, -0.2) is 47.3 Å². The third-order valence-corrected chi connectivity index (χ3v) is 12.7. The number of unbranched alkanes of at least 4 members (excludes halogenated alkanes) is 3. The van der Waals surface area contributed by atoms with Crippen molar-refractivity contribution in [2.45, 2.75) is 70.8 Å². The van der Waals surface area contributed by atoms with Crippen molar-refractivity contribution in [1.29, 1.82) is 0 Å². The fourth-order valence-corrected chi connectivity index (χ4v) is 9.36. The van der Waals surface area contributed by atoms with Gasteiger partial charge in [-0.2, -0.15) is 0 Å². The molecule has 3 aliphatic heterocycles. The van der Waals surface area contributed by atoms with Crippen LogP contribution in [0.25, 0.3) is 17.2 Å². The number of nitrogens with zero attached hydrogens (tertiary/aromatic N) is 2. The Morgan fingerprint density at radius 3 is 1.85 bits per heavy atom. The Hall–Kier alpha value is -6.38. The molecule has 8 bridgehead atoms. The number of hydrogen-bond donors (Lipinski definition) is 2. The Kier molecular flexibility index (Phi) is 12.4. The van der Waals surface area contributed by atoms with Gasteiger partial charge in [-0.1, -0.05) is 88.6 Å². The molecule has 3 aliphatic rings. The van der Waals surface area contributed by atoms with Crippen LogP contribution in [0.3, 0.4) is 0 Å². The third-order valence-electron chi connectivity index (χ3n) is 11.8. The van der Waals surface area contributed by atoms with Gasteiger partial charge in [0.05, 0.1) is 48.4 Å². The lowest BCUT2D eigenvalue weighted by Gasteiger charge is -2.38. The molecule has 8 heteroatoms. The second kappa shape index (κ2) is 18.7. The van der Waals surface area contributed by atoms with Gasteiger partial charge in [-0.05, 0) is 132 Å². The van der Waals surface area contributed by atoms with Crippen molar-refractivity contribution in [3.05, 3.63) is 188 Å². The molecule has 6 heterocycles. The summed E-state index contributed by atoms with van der Waals surface area (Å²) < 4.78 is 18.6. The Labute approximate surface area is 368 Å². The molecule has 0 fully saturated rings. The minimum Gasteiger partial charge on any atom is -0.494 e. The maximum absolute atomic E-state index is 6.23. The second-order valence-corrected chi connectivity index (χ2v) is 17.0. The molecule has 0 amide bonds. The van der Waals surface area contributed by atoms with Crippen molar-refractivity contribution in [1.82, 2.24) is 9.97 Å². The van der Waals surface area contributed by atoms with E-state index < -0.39 is 5.41 Å². The summed E-state index contributed by atoms with van der Waals surface area (Å²) in [6.45, 7) is 8.61. The van der Waals surface area contributed by atoms with Gasteiger partial charge >= 0.3 is 0 Å². The molecular formula is C54H54N4O3S. The molecule has 1 atom stereocenters. The van der Waals surface area contributed by atoms with Crippen molar-refractivity contribution in [2.75, 3.05) is 19.8 Å². The molecule has 314 valence electrons. The molecule has 62 heavy (non-hydrogen) atoms. The minimum atomic E-state index is -0.806. The summed E-state index contributed by atoms with van der Waals surface area (Å²) in [5.41, 5.74) is 9.18. The summed E-state index contributed by atoms with van der Waals surface area (Å²) in [6, 6.07) is 38.4. The van der Waals surface area contributed by atoms with E-state index in [-0.39, 0.29) is 6.04 Å². The van der Waals surface area contributed by atoms with Gasteiger partial charge in [0.1, 0.15) is 17.2 Å². The summed E-state index contributed by atoms with van der Waals surface area (Å²) in [5.74, 6) is 2.57. The predicted octanol–water partition coefficient (Wildman–Crippen LogP) is 11.1. The normalized spacial score (nSPS) is 16.3. The summed E-state index contributed by atoms with van der Waals surface area (Å²) >= 11 is 1.72. The second-order valence-electron chi connectivity index (χ2n) is 16.0. The van der Waals surface area contributed by atoms with Crippen LogP contribution in [0, 0.1) is 0 Å². The largest absolute Gasteiger partial charge is 0.494 e. The minimum absolute atomic E-state index is 0.350. The number of hydrogen-bond acceptors (Lipinski definition) is 6. The Balaban J connectivity index is 1.29. The van der Waals surface area contributed by atoms with E-state index in [1.807, 2.05) is 0 Å². The Morgan fingerprint density at radius 2 is 1.26 bits per heavy atom. The van der Waals surface area contributed by atoms with E-state index in [0.29, 0.717) is 19.8 Å². The Morgan fingerprint density at radius 1 is 0.629 bits per heavy atom. The Bertz CT molecular complexity index is 2710. The molecule has 0 radical (unpaired) electrons. The summed E-state index contributed by atoms with van der Waals surface area (Å²) in [5, 5.41) is 4.06. The molecule has 7 nitrogen and oxygen atoms in total. The number of rotatable bonds is 16. The summed E-state index contributed by atoms with van der Waals surface area (Å²) in [7, 11) is 0. The SMILES string of the molecule is CCCCOc1ccc(C2=c3ccc([nH]3)=CC3=NC(=C(c4cccs4)c4ccc([nH]4)C(c4ccc(OCCCC)cc4)(c4ccc(OCCCC)cc4)C4C=CC2=N4)C=C3)cc1. The zero-order valence-corrected chi connectivity index (χ0v) is 36.6. The number of aromatic amines is 2. The third kappa shape index (κ3) is 8.32. The smallest absolute Gasteiger partial charge is 0.119 e. The van der Waals surface area contributed by atoms with Gasteiger partial charge in [-0.15, -0.1) is 11.3 Å². The van der Waals surface area contributed by atoms with Crippen molar-refractivity contribution >= 4 is 40.0 Å². The van der Waals surface area contributed by atoms with Crippen LogP contribution in [0.4, 0.5) is 0 Å². The fraction of sp³-hybridized carbons (Fsp3) is 0.259. The van der Waals surface area contributed by atoms with Gasteiger partial charge in [0.25, 0.3) is 0 Å². The quantitative estimate of drug-likeness (QED) is 0.0952. The van der Waals surface area contributed by atoms with Gasteiger partial charge in [0.2, 0.25) is 0 Å². The van der Waals surface area contributed by atoms with Crippen molar-refractivity contribution in [3.63, 3.8) is 0 Å². The zero-order valence-electron chi connectivity index (χ0n) is 35.8. The maximum Gasteiger partial charge on any atom is 0.119 e. The molecule has 3 aromatic heterocycles. The first kappa shape index (κ1) is 41.0. The number of benzene rings is 3. The van der Waals surface area contributed by atoms with Crippen LogP contribution in [0.1, 0.15) is 92.3 Å². The maximum atomic E-state index is 6.23. The average Bonchev–Trinajstić information content (AvgIpc) is 4.17. The molecule has 3 aromatic carbocycles. The lowest BCUT2D eigenvalue weighted by atomic mass is 9.67. The number of aliphatic imine (C=N–C) groups is 2. The van der Waals surface area contributed by atoms with Gasteiger partial charge in [0, 0.05) is 38.1 Å². The zero-order chi connectivity index (χ0) is 42.3. The first-order valence-corrected chi connectivity index (χ1v) is 23.1. The number of nitrogens with one attached hydrogen (secondary N) is 2. The summed E-state index contributed by atoms with van der Waals surface area (Å²) in [4.78, 5) is 19.9. The predicted molar refractivity (Wildman–Crippen MR) is 256 cm³/mol. The van der Waals surface area contributed by atoms with E-state index in [0.717, 1.165) is 128 Å². The lowest BCUT2D eigenvalue weighted by molar-refractivity contribution is 0.309. The van der Waals surface area contributed by atoms with E-state index in [1.54, 1.807) is 11.3 Å². The van der Waals surface area contributed by atoms with Crippen LogP contribution in [0.2, 0.25) is 0 Å². The molecule has 0 aliphatic carbocycles. The highest BCUT2D eigenvalue weighted by atomic mass is 32.1. The fourth-order valence-electron chi connectivity index (χ4n) is 8.56. The number of allylic oxidation sites excluding steroid dienone is 3. The molecule has 9 rings (SSSR count). The highest BCUT2D eigenvalue weighted by molar-refractivity contribution is 7.11. The number of fused-ring (bicyclic) bond motifs is 6. The van der Waals surface area contributed by atoms with Crippen LogP contribution in [-0.2, 0) is 5.41 Å². The molecule has 0 spiro atoms. The van der Waals surface area contributed by atoms with Crippen molar-refractivity contribution in [3.8, 4) is 17.2 Å². The molecule has 0 saturated carbocycles. The number of H-pyrrole nitrogens is 2. The van der Waals surface area contributed by atoms with Crippen molar-refractivity contribution in [2.24, 2.45) is 9.98 Å².